The van der Waals surface area contributed by atoms with E-state index in [9.17, 15) is 5.11 Å². The van der Waals surface area contributed by atoms with Gasteiger partial charge < -0.3 is 9.84 Å². The van der Waals surface area contributed by atoms with Crippen molar-refractivity contribution in [3.63, 3.8) is 0 Å². The van der Waals surface area contributed by atoms with Crippen molar-refractivity contribution in [1.82, 2.24) is 0 Å². The van der Waals surface area contributed by atoms with Crippen LogP contribution in [0.2, 0.25) is 0 Å². The molecule has 2 nitrogen and oxygen atoms in total. The second-order valence-corrected chi connectivity index (χ2v) is 4.85. The average molecular weight is 184 g/mol. The largest absolute Gasteiger partial charge is 0.390 e. The number of aliphatic hydroxyl groups is 1. The summed E-state index contributed by atoms with van der Waals surface area (Å²) in [6.45, 7) is 2.85. The molecule has 13 heavy (non-hydrogen) atoms. The molecule has 0 radical (unpaired) electrons. The van der Waals surface area contributed by atoms with Crippen molar-refractivity contribution in [3.05, 3.63) is 0 Å². The molecule has 0 spiro atoms. The molecule has 1 N–H and O–H groups in total. The number of epoxide rings is 1. The Labute approximate surface area is 80.3 Å². The lowest BCUT2D eigenvalue weighted by Crippen LogP contribution is -2.37. The summed E-state index contributed by atoms with van der Waals surface area (Å²) in [5.74, 6) is 0.519. The summed E-state index contributed by atoms with van der Waals surface area (Å²) < 4.78 is 5.18. The van der Waals surface area contributed by atoms with Crippen molar-refractivity contribution in [2.45, 2.75) is 57.2 Å². The summed E-state index contributed by atoms with van der Waals surface area (Å²) >= 11 is 0. The van der Waals surface area contributed by atoms with E-state index in [4.69, 9.17) is 4.74 Å². The lowest BCUT2D eigenvalue weighted by molar-refractivity contribution is -0.0285. The van der Waals surface area contributed by atoms with Gasteiger partial charge in [0.05, 0.1) is 18.3 Å². The Balaban J connectivity index is 1.86. The van der Waals surface area contributed by atoms with E-state index in [0.717, 1.165) is 13.0 Å². The molecule has 0 aromatic heterocycles. The molecule has 0 aromatic carbocycles. The quantitative estimate of drug-likeness (QED) is 0.681. The highest BCUT2D eigenvalue weighted by Crippen LogP contribution is 2.37. The van der Waals surface area contributed by atoms with Gasteiger partial charge in [0, 0.05) is 6.42 Å². The first kappa shape index (κ1) is 9.47. The standard InChI is InChI=1S/C11H20O2/c1-11(12,7-10-8-13-10)9-5-3-2-4-6-9/h9-10,12H,2-8H2,1H3/t10-,11-/m1/s1. The minimum Gasteiger partial charge on any atom is -0.390 e. The fraction of sp³-hybridized carbons (Fsp3) is 1.00. The Morgan fingerprint density at radius 1 is 1.31 bits per heavy atom. The fourth-order valence-electron chi connectivity index (χ4n) is 2.54. The van der Waals surface area contributed by atoms with Gasteiger partial charge in [0.25, 0.3) is 0 Å². The summed E-state index contributed by atoms with van der Waals surface area (Å²) in [6.07, 6.45) is 7.57. The second-order valence-electron chi connectivity index (χ2n) is 4.85. The molecule has 1 aliphatic carbocycles. The Kier molecular flexibility index (Phi) is 2.61. The van der Waals surface area contributed by atoms with Crippen molar-refractivity contribution in [2.75, 3.05) is 6.61 Å². The van der Waals surface area contributed by atoms with Crippen molar-refractivity contribution >= 4 is 0 Å². The molecule has 2 rings (SSSR count). The smallest absolute Gasteiger partial charge is 0.0837 e. The van der Waals surface area contributed by atoms with Crippen LogP contribution in [0.25, 0.3) is 0 Å². The first-order valence-electron chi connectivity index (χ1n) is 5.52. The van der Waals surface area contributed by atoms with Gasteiger partial charge in [-0.1, -0.05) is 19.3 Å². The number of ether oxygens (including phenoxy) is 1. The maximum Gasteiger partial charge on any atom is 0.0837 e. The van der Waals surface area contributed by atoms with Crippen LogP contribution >= 0.6 is 0 Å². The zero-order valence-electron chi connectivity index (χ0n) is 8.46. The van der Waals surface area contributed by atoms with Gasteiger partial charge in [-0.2, -0.15) is 0 Å². The molecule has 0 amide bonds. The summed E-state index contributed by atoms with van der Waals surface area (Å²) in [5, 5.41) is 10.3. The molecule has 1 saturated heterocycles. The molecule has 0 bridgehead atoms. The van der Waals surface area contributed by atoms with E-state index in [0.29, 0.717) is 12.0 Å². The van der Waals surface area contributed by atoms with Crippen LogP contribution < -0.4 is 0 Å². The van der Waals surface area contributed by atoms with Crippen LogP contribution in [0.1, 0.15) is 45.4 Å². The van der Waals surface area contributed by atoms with Gasteiger partial charge in [0.15, 0.2) is 0 Å². The first-order valence-corrected chi connectivity index (χ1v) is 5.52. The average Bonchev–Trinajstić information content (AvgIpc) is 2.89. The molecule has 2 atom stereocenters. The third-order valence-corrected chi connectivity index (χ3v) is 3.53. The van der Waals surface area contributed by atoms with Gasteiger partial charge in [0.2, 0.25) is 0 Å². The van der Waals surface area contributed by atoms with E-state index in [1.54, 1.807) is 0 Å². The molecule has 0 aromatic rings. The van der Waals surface area contributed by atoms with Gasteiger partial charge in [0.1, 0.15) is 0 Å². The molecule has 1 heterocycles. The Bertz CT molecular complexity index is 167. The first-order chi connectivity index (χ1) is 6.18. The van der Waals surface area contributed by atoms with Crippen molar-refractivity contribution < 1.29 is 9.84 Å². The molecule has 76 valence electrons. The zero-order chi connectivity index (χ0) is 9.31. The van der Waals surface area contributed by atoms with Crippen molar-refractivity contribution in [2.24, 2.45) is 5.92 Å². The summed E-state index contributed by atoms with van der Waals surface area (Å²) in [5.41, 5.74) is -0.471. The highest BCUT2D eigenvalue weighted by atomic mass is 16.6. The maximum absolute atomic E-state index is 10.3. The van der Waals surface area contributed by atoms with Gasteiger partial charge in [-0.25, -0.2) is 0 Å². The van der Waals surface area contributed by atoms with E-state index < -0.39 is 5.60 Å². The minimum atomic E-state index is -0.471. The predicted molar refractivity (Wildman–Crippen MR) is 51.6 cm³/mol. The Morgan fingerprint density at radius 3 is 2.46 bits per heavy atom. The van der Waals surface area contributed by atoms with E-state index in [-0.39, 0.29) is 0 Å². The Hall–Kier alpha value is -0.0800. The minimum absolute atomic E-state index is 0.358. The number of rotatable bonds is 3. The predicted octanol–water partition coefficient (Wildman–Crippen LogP) is 2.11. The van der Waals surface area contributed by atoms with Gasteiger partial charge in [-0.3, -0.25) is 0 Å². The van der Waals surface area contributed by atoms with Gasteiger partial charge >= 0.3 is 0 Å². The summed E-state index contributed by atoms with van der Waals surface area (Å²) in [4.78, 5) is 0. The molecular formula is C11H20O2. The lowest BCUT2D eigenvalue weighted by atomic mass is 9.76. The van der Waals surface area contributed by atoms with Crippen LogP contribution in [-0.4, -0.2) is 23.4 Å². The SMILES string of the molecule is C[C@@](O)(C[C@@H]1CO1)C1CCCCC1. The van der Waals surface area contributed by atoms with Crippen LogP contribution in [0.4, 0.5) is 0 Å². The van der Waals surface area contributed by atoms with Crippen LogP contribution in [0.15, 0.2) is 0 Å². The van der Waals surface area contributed by atoms with E-state index in [1.165, 1.54) is 32.1 Å². The fourth-order valence-corrected chi connectivity index (χ4v) is 2.54. The number of hydrogen-bond acceptors (Lipinski definition) is 2. The molecule has 0 unspecified atom stereocenters. The van der Waals surface area contributed by atoms with Crippen LogP contribution in [0, 0.1) is 5.92 Å². The van der Waals surface area contributed by atoms with Crippen LogP contribution in [0.3, 0.4) is 0 Å². The second kappa shape index (κ2) is 3.58. The monoisotopic (exact) mass is 184 g/mol. The molecule has 1 saturated carbocycles. The van der Waals surface area contributed by atoms with E-state index in [2.05, 4.69) is 0 Å². The van der Waals surface area contributed by atoms with E-state index >= 15 is 0 Å². The number of hydrogen-bond donors (Lipinski definition) is 1. The Morgan fingerprint density at radius 2 is 1.92 bits per heavy atom. The lowest BCUT2D eigenvalue weighted by Gasteiger charge is -2.35. The summed E-state index contributed by atoms with van der Waals surface area (Å²) in [6, 6.07) is 0. The molecule has 2 heteroatoms. The highest BCUT2D eigenvalue weighted by Gasteiger charge is 2.38. The molecular weight excluding hydrogens is 164 g/mol. The third-order valence-electron chi connectivity index (χ3n) is 3.53. The topological polar surface area (TPSA) is 32.8 Å². The highest BCUT2D eigenvalue weighted by molar-refractivity contribution is 4.89. The third kappa shape index (κ3) is 2.44. The van der Waals surface area contributed by atoms with Crippen molar-refractivity contribution in [1.29, 1.82) is 0 Å². The zero-order valence-corrected chi connectivity index (χ0v) is 8.46. The van der Waals surface area contributed by atoms with E-state index in [1.807, 2.05) is 6.92 Å². The van der Waals surface area contributed by atoms with Gasteiger partial charge in [-0.15, -0.1) is 0 Å². The van der Waals surface area contributed by atoms with Crippen molar-refractivity contribution in [3.8, 4) is 0 Å². The summed E-state index contributed by atoms with van der Waals surface area (Å²) in [7, 11) is 0. The van der Waals surface area contributed by atoms with Crippen LogP contribution in [0.5, 0.6) is 0 Å². The maximum atomic E-state index is 10.3. The van der Waals surface area contributed by atoms with Gasteiger partial charge in [-0.05, 0) is 25.7 Å². The molecule has 2 aliphatic rings. The molecule has 2 fully saturated rings. The normalized spacial score (nSPS) is 34.2. The molecule has 1 aliphatic heterocycles. The van der Waals surface area contributed by atoms with Crippen LogP contribution in [-0.2, 0) is 4.74 Å².